The fourth-order valence-electron chi connectivity index (χ4n) is 7.01. The number of benzene rings is 5. The van der Waals surface area contributed by atoms with E-state index < -0.39 is 5.97 Å². The van der Waals surface area contributed by atoms with Crippen LogP contribution in [0.5, 0.6) is 0 Å². The van der Waals surface area contributed by atoms with Gasteiger partial charge in [0.2, 0.25) is 11.3 Å². The molecule has 1 N–H and O–H groups in total. The number of hydrogen-bond acceptors (Lipinski definition) is 6. The van der Waals surface area contributed by atoms with E-state index >= 15 is 0 Å². The molecule has 9 nitrogen and oxygen atoms in total. The van der Waals surface area contributed by atoms with Crippen LogP contribution in [0.3, 0.4) is 0 Å². The number of amides is 2. The van der Waals surface area contributed by atoms with Crippen LogP contribution in [0.15, 0.2) is 108 Å². The number of fused-ring (bicyclic) bond motifs is 4. The van der Waals surface area contributed by atoms with E-state index in [2.05, 4.69) is 17.2 Å². The van der Waals surface area contributed by atoms with Crippen molar-refractivity contribution in [3.05, 3.63) is 136 Å². The number of carbonyl (C=O) groups excluding carboxylic acids is 3. The van der Waals surface area contributed by atoms with Crippen LogP contribution in [0.25, 0.3) is 33.4 Å². The zero-order valence-corrected chi connectivity index (χ0v) is 31.4. The number of para-hydroxylation sites is 1. The molecule has 2 amide bonds. The third-order valence-electron chi connectivity index (χ3n) is 10.0. The van der Waals surface area contributed by atoms with E-state index in [1.54, 1.807) is 12.1 Å². The minimum atomic E-state index is -1.38. The lowest BCUT2D eigenvalue weighted by molar-refractivity contribution is -0.254. The zero-order chi connectivity index (χ0) is 38.6. The van der Waals surface area contributed by atoms with E-state index in [0.29, 0.717) is 54.8 Å². The van der Waals surface area contributed by atoms with Gasteiger partial charge in [0.15, 0.2) is 0 Å². The summed E-state index contributed by atoms with van der Waals surface area (Å²) in [5, 5.41) is 17.3. The van der Waals surface area contributed by atoms with Crippen LogP contribution in [-0.4, -0.2) is 52.5 Å². The quantitative estimate of drug-likeness (QED) is 0.0814. The largest absolute Gasteiger partial charge is 0.545 e. The van der Waals surface area contributed by atoms with Crippen LogP contribution in [0, 0.1) is 11.8 Å². The molecule has 0 saturated heterocycles. The molecular weight excluding hydrogens is 689 g/mol. The molecule has 0 fully saturated rings. The van der Waals surface area contributed by atoms with Gasteiger partial charge in [-0.2, -0.15) is 0 Å². The van der Waals surface area contributed by atoms with Crippen molar-refractivity contribution in [2.75, 3.05) is 44.5 Å². The summed E-state index contributed by atoms with van der Waals surface area (Å²) in [6, 6.07) is 32.0. The van der Waals surface area contributed by atoms with Gasteiger partial charge >= 0.3 is 0 Å². The summed E-state index contributed by atoms with van der Waals surface area (Å²) in [6.45, 7) is 0.826. The highest BCUT2D eigenvalue weighted by molar-refractivity contribution is 6.09. The molecule has 276 valence electrons. The molecule has 0 radical (unpaired) electrons. The van der Waals surface area contributed by atoms with Crippen molar-refractivity contribution in [1.82, 2.24) is 9.89 Å². The molecule has 0 unspecified atom stereocenters. The van der Waals surface area contributed by atoms with E-state index in [0.717, 1.165) is 50.8 Å². The van der Waals surface area contributed by atoms with E-state index in [4.69, 9.17) is 4.42 Å². The number of anilines is 2. The summed E-state index contributed by atoms with van der Waals surface area (Å²) in [4.78, 5) is 43.3. The summed E-state index contributed by atoms with van der Waals surface area (Å²) >= 11 is 0. The first-order chi connectivity index (χ1) is 26.6. The van der Waals surface area contributed by atoms with Crippen molar-refractivity contribution < 1.29 is 23.9 Å². The van der Waals surface area contributed by atoms with Gasteiger partial charge < -0.3 is 29.4 Å². The van der Waals surface area contributed by atoms with E-state index in [9.17, 15) is 19.5 Å². The van der Waals surface area contributed by atoms with Gasteiger partial charge in [0.05, 0.1) is 24.3 Å². The molecule has 55 heavy (non-hydrogen) atoms. The van der Waals surface area contributed by atoms with Gasteiger partial charge in [-0.25, -0.2) is 4.58 Å². The van der Waals surface area contributed by atoms with Gasteiger partial charge in [-0.15, -0.1) is 0 Å². The molecule has 4 aromatic rings. The Labute approximate surface area is 320 Å². The van der Waals surface area contributed by atoms with Crippen molar-refractivity contribution in [2.24, 2.45) is 0 Å². The molecular formula is C46H42N4O5. The number of carboxylic acid groups (broad SMARTS) is 1. The Morgan fingerprint density at radius 3 is 2.36 bits per heavy atom. The summed E-state index contributed by atoms with van der Waals surface area (Å²) in [5.41, 5.74) is 7.07. The molecule has 2 aliphatic heterocycles. The topological polar surface area (TPSA) is 109 Å². The molecule has 0 spiro atoms. The highest BCUT2D eigenvalue weighted by atomic mass is 16.4. The monoisotopic (exact) mass is 730 g/mol. The Bertz CT molecular complexity index is 2570. The van der Waals surface area contributed by atoms with E-state index in [-0.39, 0.29) is 22.9 Å². The maximum atomic E-state index is 13.6. The normalized spacial score (nSPS) is 11.8. The van der Waals surface area contributed by atoms with Gasteiger partial charge in [-0.05, 0) is 72.5 Å². The van der Waals surface area contributed by atoms with Crippen molar-refractivity contribution in [3.63, 3.8) is 0 Å². The number of carboxylic acids is 1. The standard InChI is InChI=1S/C46H42N4O5/c1-48(2)34-20-23-37-41(27-34)55-42-28-35(49(3)4)21-24-38(42)44(37)36-22-19-32(26-39(36)46(53)54)45(52)47-25-11-5-6-16-43(51)50-29-33-14-8-7-12-30(33)17-18-31-13-9-10-15-40(31)50/h7-10,12-15,19-24,26-28H,5-6,11,16,25,29H2,1-4H3,(H-,47,52,53,54). The van der Waals surface area contributed by atoms with Gasteiger partial charge in [0, 0.05) is 83.6 Å². The van der Waals surface area contributed by atoms with Crippen molar-refractivity contribution in [1.29, 1.82) is 0 Å². The molecule has 0 atom stereocenters. The summed E-state index contributed by atoms with van der Waals surface area (Å²) < 4.78 is 8.37. The predicted octanol–water partition coefficient (Wildman–Crippen LogP) is 5.90. The van der Waals surface area contributed by atoms with Crippen LogP contribution in [0.4, 0.5) is 11.4 Å². The van der Waals surface area contributed by atoms with E-state index in [1.165, 1.54) is 6.07 Å². The average molecular weight is 731 g/mol. The van der Waals surface area contributed by atoms with Crippen LogP contribution in [0.1, 0.15) is 63.1 Å². The third kappa shape index (κ3) is 7.71. The fraction of sp³-hybridized carbons (Fsp3) is 0.217. The molecule has 2 heterocycles. The van der Waals surface area contributed by atoms with Crippen molar-refractivity contribution in [3.8, 4) is 34.3 Å². The maximum Gasteiger partial charge on any atom is 0.251 e. The van der Waals surface area contributed by atoms with Crippen LogP contribution in [0.2, 0.25) is 0 Å². The first-order valence-electron chi connectivity index (χ1n) is 18.4. The number of nitrogens with zero attached hydrogens (tertiary/aromatic N) is 3. The molecule has 3 aliphatic rings. The van der Waals surface area contributed by atoms with Gasteiger partial charge in [-0.3, -0.25) is 9.59 Å². The number of aromatic carboxylic acids is 1. The molecule has 9 heteroatoms. The zero-order valence-electron chi connectivity index (χ0n) is 31.4. The average Bonchev–Trinajstić information content (AvgIpc) is 3.18. The van der Waals surface area contributed by atoms with Gasteiger partial charge in [-0.1, -0.05) is 54.7 Å². The third-order valence-corrected chi connectivity index (χ3v) is 10.0. The molecule has 4 aromatic carbocycles. The number of rotatable bonds is 10. The Hall–Kier alpha value is -6.66. The predicted molar refractivity (Wildman–Crippen MR) is 215 cm³/mol. The second-order valence-corrected chi connectivity index (χ2v) is 14.1. The van der Waals surface area contributed by atoms with Crippen molar-refractivity contribution >= 4 is 40.1 Å². The van der Waals surface area contributed by atoms with Crippen LogP contribution < -0.4 is 30.2 Å². The molecule has 7 rings (SSSR count). The minimum Gasteiger partial charge on any atom is -0.545 e. The maximum absolute atomic E-state index is 13.6. The summed E-state index contributed by atoms with van der Waals surface area (Å²) in [7, 11) is 7.78. The van der Waals surface area contributed by atoms with Crippen molar-refractivity contribution in [2.45, 2.75) is 32.2 Å². The van der Waals surface area contributed by atoms with Crippen LogP contribution in [-0.2, 0) is 11.3 Å². The first-order valence-corrected chi connectivity index (χ1v) is 18.4. The lowest BCUT2D eigenvalue weighted by Crippen LogP contribution is -2.31. The van der Waals surface area contributed by atoms with Crippen LogP contribution >= 0.6 is 0 Å². The molecule has 1 aliphatic carbocycles. The minimum absolute atomic E-state index is 0.0220. The Morgan fingerprint density at radius 1 is 0.836 bits per heavy atom. The lowest BCUT2D eigenvalue weighted by Gasteiger charge is -2.26. The number of unbranched alkanes of at least 4 members (excludes halogenated alkanes) is 2. The Balaban J connectivity index is 1.04. The second-order valence-electron chi connectivity index (χ2n) is 14.1. The first kappa shape index (κ1) is 36.7. The molecule has 0 saturated carbocycles. The Kier molecular flexibility index (Phi) is 10.5. The second kappa shape index (κ2) is 15.7. The number of carbonyl (C=O) groups is 3. The van der Waals surface area contributed by atoms with E-state index in [1.807, 2.05) is 127 Å². The summed E-state index contributed by atoms with van der Waals surface area (Å²) in [6.07, 6.45) is 2.40. The van der Waals surface area contributed by atoms with Gasteiger partial charge in [0.1, 0.15) is 25.4 Å². The highest BCUT2D eigenvalue weighted by Crippen LogP contribution is 2.42. The smallest absolute Gasteiger partial charge is 0.251 e. The fourth-order valence-corrected chi connectivity index (χ4v) is 7.01. The van der Waals surface area contributed by atoms with Gasteiger partial charge in [0.25, 0.3) is 5.91 Å². The number of hydrogen-bond donors (Lipinski definition) is 1. The Morgan fingerprint density at radius 2 is 1.58 bits per heavy atom. The molecule has 0 aromatic heterocycles. The highest BCUT2D eigenvalue weighted by Gasteiger charge is 2.23. The molecule has 0 bridgehead atoms. The summed E-state index contributed by atoms with van der Waals surface area (Å²) in [5.74, 6) is 5.34. The lowest BCUT2D eigenvalue weighted by atomic mass is 9.89. The number of nitrogens with one attached hydrogen (secondary N) is 1. The SMILES string of the molecule is CN(C)c1ccc2c(-c3ccc(C(=O)NCCCCCC(=O)N4Cc5ccccc5C#Cc5ccccc54)cc3C(=O)[O-])c3ccc(=[N+](C)C)cc-3oc2c1.